The quantitative estimate of drug-likeness (QED) is 0.645. The van der Waals surface area contributed by atoms with Crippen molar-refractivity contribution in [3.05, 3.63) is 64.1 Å². The number of aryl methyl sites for hydroxylation is 1. The highest BCUT2D eigenvalue weighted by molar-refractivity contribution is 5.86. The highest BCUT2D eigenvalue weighted by Gasteiger charge is 2.06. The lowest BCUT2D eigenvalue weighted by Gasteiger charge is -2.11. The van der Waals surface area contributed by atoms with Crippen molar-refractivity contribution >= 4 is 22.4 Å². The number of nitrogen functional groups attached to an aromatic ring is 1. The van der Waals surface area contributed by atoms with Gasteiger partial charge in [-0.3, -0.25) is 4.79 Å². The summed E-state index contributed by atoms with van der Waals surface area (Å²) in [5, 5.41) is 3.33. The van der Waals surface area contributed by atoms with Gasteiger partial charge in [-0.2, -0.15) is 0 Å². The molecule has 5 nitrogen and oxygen atoms in total. The number of nitrogens with two attached hydrogens (primary N) is 1. The number of benzene rings is 2. The molecule has 112 valence electrons. The van der Waals surface area contributed by atoms with E-state index in [-0.39, 0.29) is 5.56 Å². The van der Waals surface area contributed by atoms with E-state index in [2.05, 4.69) is 27.4 Å². The third-order valence-electron chi connectivity index (χ3n) is 3.60. The maximum absolute atomic E-state index is 11.6. The molecule has 0 amide bonds. The molecular formula is C17H18N4O. The van der Waals surface area contributed by atoms with Crippen molar-refractivity contribution in [2.24, 2.45) is 0 Å². The summed E-state index contributed by atoms with van der Waals surface area (Å²) in [4.78, 5) is 18.7. The van der Waals surface area contributed by atoms with E-state index < -0.39 is 0 Å². The smallest absolute Gasteiger partial charge is 0.269 e. The Morgan fingerprint density at radius 1 is 1.23 bits per heavy atom. The Labute approximate surface area is 128 Å². The largest absolute Gasteiger partial charge is 0.397 e. The summed E-state index contributed by atoms with van der Waals surface area (Å²) in [6.45, 7) is 2.47. The molecule has 4 N–H and O–H groups in total. The fourth-order valence-corrected chi connectivity index (χ4v) is 2.38. The summed E-state index contributed by atoms with van der Waals surface area (Å²) in [5.41, 5.74) is 10.4. The van der Waals surface area contributed by atoms with Gasteiger partial charge in [0.15, 0.2) is 0 Å². The van der Waals surface area contributed by atoms with Gasteiger partial charge in [0, 0.05) is 6.54 Å². The van der Waals surface area contributed by atoms with Crippen LogP contribution in [0.5, 0.6) is 0 Å². The van der Waals surface area contributed by atoms with Gasteiger partial charge in [0.1, 0.15) is 5.69 Å². The van der Waals surface area contributed by atoms with E-state index in [1.165, 1.54) is 5.56 Å². The first-order valence-electron chi connectivity index (χ1n) is 7.21. The van der Waals surface area contributed by atoms with E-state index in [0.29, 0.717) is 16.9 Å². The van der Waals surface area contributed by atoms with E-state index in [1.54, 1.807) is 13.0 Å². The average Bonchev–Trinajstić information content (AvgIpc) is 2.51. The maximum atomic E-state index is 11.6. The van der Waals surface area contributed by atoms with Crippen molar-refractivity contribution in [3.8, 4) is 0 Å². The second-order valence-electron chi connectivity index (χ2n) is 5.27. The van der Waals surface area contributed by atoms with Gasteiger partial charge in [-0.1, -0.05) is 30.3 Å². The van der Waals surface area contributed by atoms with Crippen LogP contribution in [0.2, 0.25) is 0 Å². The van der Waals surface area contributed by atoms with E-state index in [4.69, 9.17) is 5.73 Å². The Balaban J connectivity index is 1.80. The molecule has 3 rings (SSSR count). The molecule has 0 spiro atoms. The van der Waals surface area contributed by atoms with Crippen LogP contribution >= 0.6 is 0 Å². The summed E-state index contributed by atoms with van der Waals surface area (Å²) in [6.07, 6.45) is 0.913. The van der Waals surface area contributed by atoms with Crippen molar-refractivity contribution < 1.29 is 0 Å². The molecule has 1 aromatic heterocycles. The second kappa shape index (κ2) is 5.89. The number of anilines is 2. The van der Waals surface area contributed by atoms with E-state index >= 15 is 0 Å². The van der Waals surface area contributed by atoms with Gasteiger partial charge in [-0.15, -0.1) is 0 Å². The lowest BCUT2D eigenvalue weighted by molar-refractivity contribution is 1.02. The number of aromatic amines is 1. The van der Waals surface area contributed by atoms with Crippen LogP contribution in [-0.4, -0.2) is 16.5 Å². The first kappa shape index (κ1) is 14.1. The zero-order valence-electron chi connectivity index (χ0n) is 12.4. The molecule has 3 aromatic rings. The molecule has 5 heteroatoms. The third kappa shape index (κ3) is 2.93. The topological polar surface area (TPSA) is 83.8 Å². The Morgan fingerprint density at radius 2 is 2.00 bits per heavy atom. The van der Waals surface area contributed by atoms with Gasteiger partial charge >= 0.3 is 0 Å². The molecule has 0 aliphatic rings. The van der Waals surface area contributed by atoms with Gasteiger partial charge < -0.3 is 16.0 Å². The van der Waals surface area contributed by atoms with Crippen molar-refractivity contribution in [3.63, 3.8) is 0 Å². The van der Waals surface area contributed by atoms with Crippen LogP contribution in [0.4, 0.5) is 11.4 Å². The molecule has 0 saturated heterocycles. The van der Waals surface area contributed by atoms with Gasteiger partial charge in [-0.25, -0.2) is 4.98 Å². The molecule has 0 aliphatic carbocycles. The van der Waals surface area contributed by atoms with E-state index in [0.717, 1.165) is 24.2 Å². The standard InChI is InChI=1S/C17H18N4O/c1-11-17(22)21-15-9-13(18)14(10-16(15)20-11)19-8-7-12-5-3-2-4-6-12/h2-6,9-10,19H,7-8,18H2,1H3,(H,21,22). The van der Waals surface area contributed by atoms with Gasteiger partial charge in [0.2, 0.25) is 0 Å². The minimum absolute atomic E-state index is 0.184. The molecule has 0 fully saturated rings. The average molecular weight is 294 g/mol. The van der Waals surface area contributed by atoms with Crippen molar-refractivity contribution in [1.29, 1.82) is 0 Å². The van der Waals surface area contributed by atoms with Crippen molar-refractivity contribution in [2.45, 2.75) is 13.3 Å². The summed E-state index contributed by atoms with van der Waals surface area (Å²) >= 11 is 0. The fraction of sp³-hybridized carbons (Fsp3) is 0.176. The van der Waals surface area contributed by atoms with Crippen LogP contribution in [0, 0.1) is 6.92 Å². The van der Waals surface area contributed by atoms with Gasteiger partial charge in [0.25, 0.3) is 5.56 Å². The Hall–Kier alpha value is -2.82. The first-order valence-corrected chi connectivity index (χ1v) is 7.21. The predicted octanol–water partition coefficient (Wildman–Crippen LogP) is 2.47. The Morgan fingerprint density at radius 3 is 2.77 bits per heavy atom. The Bertz CT molecular complexity index is 856. The highest BCUT2D eigenvalue weighted by atomic mass is 16.1. The molecular weight excluding hydrogens is 276 g/mol. The number of hydrogen-bond donors (Lipinski definition) is 3. The lowest BCUT2D eigenvalue weighted by Crippen LogP contribution is -2.12. The van der Waals surface area contributed by atoms with E-state index in [1.807, 2.05) is 24.3 Å². The fourth-order valence-electron chi connectivity index (χ4n) is 2.38. The predicted molar refractivity (Wildman–Crippen MR) is 90.1 cm³/mol. The van der Waals surface area contributed by atoms with Gasteiger partial charge in [-0.05, 0) is 31.0 Å². The monoisotopic (exact) mass is 294 g/mol. The minimum Gasteiger partial charge on any atom is -0.397 e. The number of hydrogen-bond acceptors (Lipinski definition) is 4. The number of H-pyrrole nitrogens is 1. The zero-order chi connectivity index (χ0) is 15.5. The second-order valence-corrected chi connectivity index (χ2v) is 5.27. The Kier molecular flexibility index (Phi) is 3.78. The van der Waals surface area contributed by atoms with Crippen molar-refractivity contribution in [1.82, 2.24) is 9.97 Å². The normalized spacial score (nSPS) is 10.8. The molecule has 0 radical (unpaired) electrons. The van der Waals surface area contributed by atoms with Crippen LogP contribution < -0.4 is 16.6 Å². The number of aromatic nitrogens is 2. The van der Waals surface area contributed by atoms with Gasteiger partial charge in [0.05, 0.1) is 22.4 Å². The molecule has 0 aliphatic heterocycles. The number of rotatable bonds is 4. The lowest BCUT2D eigenvalue weighted by atomic mass is 10.1. The van der Waals surface area contributed by atoms with Crippen molar-refractivity contribution in [2.75, 3.05) is 17.6 Å². The summed E-state index contributed by atoms with van der Waals surface area (Å²) in [6, 6.07) is 13.9. The first-order chi connectivity index (χ1) is 10.6. The molecule has 0 saturated carbocycles. The molecule has 22 heavy (non-hydrogen) atoms. The summed E-state index contributed by atoms with van der Waals surface area (Å²) in [5.74, 6) is 0. The van der Waals surface area contributed by atoms with Crippen LogP contribution in [-0.2, 0) is 6.42 Å². The maximum Gasteiger partial charge on any atom is 0.269 e. The number of nitrogens with zero attached hydrogens (tertiary/aromatic N) is 1. The SMILES string of the molecule is Cc1nc2cc(NCCc3ccccc3)c(N)cc2[nH]c1=O. The molecule has 0 bridgehead atoms. The minimum atomic E-state index is -0.184. The molecule has 0 unspecified atom stereocenters. The molecule has 1 heterocycles. The van der Waals surface area contributed by atoms with Crippen LogP contribution in [0.3, 0.4) is 0 Å². The highest BCUT2D eigenvalue weighted by Crippen LogP contribution is 2.23. The van der Waals surface area contributed by atoms with Crippen LogP contribution in [0.1, 0.15) is 11.3 Å². The third-order valence-corrected chi connectivity index (χ3v) is 3.60. The molecule has 2 aromatic carbocycles. The van der Waals surface area contributed by atoms with E-state index in [9.17, 15) is 4.79 Å². The number of nitrogens with one attached hydrogen (secondary N) is 2. The number of fused-ring (bicyclic) bond motifs is 1. The summed E-state index contributed by atoms with van der Waals surface area (Å²) < 4.78 is 0. The van der Waals surface area contributed by atoms with Crippen LogP contribution in [0.25, 0.3) is 11.0 Å². The summed E-state index contributed by atoms with van der Waals surface area (Å²) in [7, 11) is 0. The molecule has 0 atom stereocenters. The van der Waals surface area contributed by atoms with Crippen LogP contribution in [0.15, 0.2) is 47.3 Å². The zero-order valence-corrected chi connectivity index (χ0v) is 12.4.